The van der Waals surface area contributed by atoms with Gasteiger partial charge >= 0.3 is 0 Å². The van der Waals surface area contributed by atoms with Gasteiger partial charge in [0.2, 0.25) is 0 Å². The molecule has 0 radical (unpaired) electrons. The van der Waals surface area contributed by atoms with Crippen LogP contribution in [-0.4, -0.2) is 13.1 Å². The van der Waals surface area contributed by atoms with E-state index in [-0.39, 0.29) is 11.9 Å². The van der Waals surface area contributed by atoms with E-state index in [4.69, 9.17) is 5.73 Å². The lowest BCUT2D eigenvalue weighted by Crippen LogP contribution is -2.30. The van der Waals surface area contributed by atoms with Crippen molar-refractivity contribution < 1.29 is 4.39 Å². The summed E-state index contributed by atoms with van der Waals surface area (Å²) in [5.74, 6) is -0.192. The maximum Gasteiger partial charge on any atom is 0.130 e. The zero-order chi connectivity index (χ0) is 12.4. The summed E-state index contributed by atoms with van der Waals surface area (Å²) in [6, 6.07) is 5.50. The molecule has 3 heteroatoms. The van der Waals surface area contributed by atoms with Gasteiger partial charge in [0.15, 0.2) is 0 Å². The SMILES string of the molecule is C[C@@H](N)c1c(F)cccc1N(C)C1CCCC1. The van der Waals surface area contributed by atoms with E-state index in [1.165, 1.54) is 31.7 Å². The Balaban J connectivity index is 2.33. The highest BCUT2D eigenvalue weighted by molar-refractivity contribution is 5.55. The Morgan fingerprint density at radius 2 is 2.00 bits per heavy atom. The number of nitrogens with two attached hydrogens (primary N) is 1. The fourth-order valence-corrected chi connectivity index (χ4v) is 2.77. The van der Waals surface area contributed by atoms with Crippen LogP contribution in [0.2, 0.25) is 0 Å². The molecule has 1 aromatic carbocycles. The highest BCUT2D eigenvalue weighted by Gasteiger charge is 2.23. The molecular formula is C14H21FN2. The molecule has 1 aliphatic rings. The molecule has 2 N–H and O–H groups in total. The fourth-order valence-electron chi connectivity index (χ4n) is 2.77. The van der Waals surface area contributed by atoms with Crippen molar-refractivity contribution in [1.29, 1.82) is 0 Å². The summed E-state index contributed by atoms with van der Waals surface area (Å²) < 4.78 is 13.8. The molecule has 0 aliphatic heterocycles. The van der Waals surface area contributed by atoms with Gasteiger partial charge in [-0.3, -0.25) is 0 Å². The monoisotopic (exact) mass is 236 g/mol. The summed E-state index contributed by atoms with van der Waals surface area (Å²) in [6.07, 6.45) is 4.95. The molecule has 1 fully saturated rings. The van der Waals surface area contributed by atoms with Gasteiger partial charge in [-0.25, -0.2) is 4.39 Å². The summed E-state index contributed by atoms with van der Waals surface area (Å²) in [6.45, 7) is 1.84. The second kappa shape index (κ2) is 5.05. The molecule has 0 saturated heterocycles. The topological polar surface area (TPSA) is 29.3 Å². The minimum Gasteiger partial charge on any atom is -0.371 e. The largest absolute Gasteiger partial charge is 0.371 e. The van der Waals surface area contributed by atoms with Gasteiger partial charge in [0, 0.05) is 30.4 Å². The zero-order valence-corrected chi connectivity index (χ0v) is 10.6. The van der Waals surface area contributed by atoms with E-state index < -0.39 is 0 Å². The Bertz CT molecular complexity index is 384. The molecule has 1 saturated carbocycles. The quantitative estimate of drug-likeness (QED) is 0.873. The van der Waals surface area contributed by atoms with Gasteiger partial charge in [-0.1, -0.05) is 18.9 Å². The maximum absolute atomic E-state index is 13.8. The number of hydrogen-bond acceptors (Lipinski definition) is 2. The van der Waals surface area contributed by atoms with Crippen LogP contribution in [0.25, 0.3) is 0 Å². The van der Waals surface area contributed by atoms with E-state index >= 15 is 0 Å². The third kappa shape index (κ3) is 2.44. The van der Waals surface area contributed by atoms with Gasteiger partial charge < -0.3 is 10.6 Å². The first-order chi connectivity index (χ1) is 8.11. The van der Waals surface area contributed by atoms with Gasteiger partial charge in [0.05, 0.1) is 0 Å². The van der Waals surface area contributed by atoms with E-state index in [1.54, 1.807) is 6.07 Å². The molecule has 0 aromatic heterocycles. The van der Waals surface area contributed by atoms with Crippen molar-refractivity contribution >= 4 is 5.69 Å². The minimum atomic E-state index is -0.268. The number of rotatable bonds is 3. The zero-order valence-electron chi connectivity index (χ0n) is 10.6. The highest BCUT2D eigenvalue weighted by Crippen LogP contribution is 2.32. The molecule has 0 bridgehead atoms. The second-order valence-electron chi connectivity index (χ2n) is 5.01. The Morgan fingerprint density at radius 3 is 2.59 bits per heavy atom. The first kappa shape index (κ1) is 12.4. The molecule has 0 amide bonds. The fraction of sp³-hybridized carbons (Fsp3) is 0.571. The van der Waals surface area contributed by atoms with Crippen LogP contribution in [-0.2, 0) is 0 Å². The van der Waals surface area contributed by atoms with Crippen molar-refractivity contribution in [1.82, 2.24) is 0 Å². The average Bonchev–Trinajstić information content (AvgIpc) is 2.80. The molecule has 0 unspecified atom stereocenters. The van der Waals surface area contributed by atoms with Gasteiger partial charge in [0.25, 0.3) is 0 Å². The molecule has 17 heavy (non-hydrogen) atoms. The summed E-state index contributed by atoms with van der Waals surface area (Å²) in [4.78, 5) is 2.20. The highest BCUT2D eigenvalue weighted by atomic mass is 19.1. The van der Waals surface area contributed by atoms with E-state index in [0.717, 1.165) is 5.69 Å². The third-order valence-corrected chi connectivity index (χ3v) is 3.74. The Labute approximate surface area is 103 Å². The van der Waals surface area contributed by atoms with Gasteiger partial charge in [-0.05, 0) is 31.9 Å². The van der Waals surface area contributed by atoms with Crippen LogP contribution in [0.4, 0.5) is 10.1 Å². The van der Waals surface area contributed by atoms with Crippen LogP contribution in [0.1, 0.15) is 44.2 Å². The van der Waals surface area contributed by atoms with Gasteiger partial charge in [-0.2, -0.15) is 0 Å². The van der Waals surface area contributed by atoms with Crippen molar-refractivity contribution in [2.45, 2.75) is 44.7 Å². The number of benzene rings is 1. The lowest BCUT2D eigenvalue weighted by molar-refractivity contribution is 0.585. The molecule has 0 heterocycles. The number of nitrogens with zero attached hydrogens (tertiary/aromatic N) is 1. The molecular weight excluding hydrogens is 215 g/mol. The summed E-state index contributed by atoms with van der Waals surface area (Å²) in [5, 5.41) is 0. The van der Waals surface area contributed by atoms with E-state index in [9.17, 15) is 4.39 Å². The Morgan fingerprint density at radius 1 is 1.35 bits per heavy atom. The van der Waals surface area contributed by atoms with Crippen molar-refractivity contribution in [2.75, 3.05) is 11.9 Å². The Kier molecular flexibility index (Phi) is 3.67. The molecule has 1 aliphatic carbocycles. The lowest BCUT2D eigenvalue weighted by Gasteiger charge is -2.29. The predicted octanol–water partition coefficient (Wildman–Crippen LogP) is 3.22. The second-order valence-corrected chi connectivity index (χ2v) is 5.01. The maximum atomic E-state index is 13.8. The number of halogens is 1. The number of hydrogen-bond donors (Lipinski definition) is 1. The van der Waals surface area contributed by atoms with Crippen LogP contribution in [0.5, 0.6) is 0 Å². The summed E-state index contributed by atoms with van der Waals surface area (Å²) in [7, 11) is 2.05. The van der Waals surface area contributed by atoms with Crippen LogP contribution >= 0.6 is 0 Å². The Hall–Kier alpha value is -1.09. The summed E-state index contributed by atoms with van der Waals surface area (Å²) in [5.41, 5.74) is 7.48. The molecule has 94 valence electrons. The standard InChI is InChI=1S/C14H21FN2/c1-10(16)14-12(15)8-5-9-13(14)17(2)11-6-3-4-7-11/h5,8-11H,3-4,6-7,16H2,1-2H3/t10-/m1/s1. The molecule has 2 nitrogen and oxygen atoms in total. The first-order valence-corrected chi connectivity index (χ1v) is 6.38. The van der Waals surface area contributed by atoms with E-state index in [2.05, 4.69) is 11.9 Å². The third-order valence-electron chi connectivity index (χ3n) is 3.74. The molecule has 2 rings (SSSR count). The molecule has 1 aromatic rings. The van der Waals surface area contributed by atoms with Crippen LogP contribution < -0.4 is 10.6 Å². The smallest absolute Gasteiger partial charge is 0.130 e. The average molecular weight is 236 g/mol. The molecule has 1 atom stereocenters. The lowest BCUT2D eigenvalue weighted by atomic mass is 10.0. The van der Waals surface area contributed by atoms with E-state index in [0.29, 0.717) is 11.6 Å². The van der Waals surface area contributed by atoms with Gasteiger partial charge in [0.1, 0.15) is 5.82 Å². The van der Waals surface area contributed by atoms with Crippen LogP contribution in [0.15, 0.2) is 18.2 Å². The van der Waals surface area contributed by atoms with E-state index in [1.807, 2.05) is 13.0 Å². The number of anilines is 1. The predicted molar refractivity (Wildman–Crippen MR) is 69.7 cm³/mol. The first-order valence-electron chi connectivity index (χ1n) is 6.38. The normalized spacial score (nSPS) is 18.4. The minimum absolute atomic E-state index is 0.192. The van der Waals surface area contributed by atoms with Crippen molar-refractivity contribution in [3.63, 3.8) is 0 Å². The van der Waals surface area contributed by atoms with Gasteiger partial charge in [-0.15, -0.1) is 0 Å². The van der Waals surface area contributed by atoms with Crippen LogP contribution in [0.3, 0.4) is 0 Å². The van der Waals surface area contributed by atoms with Crippen LogP contribution in [0, 0.1) is 5.82 Å². The van der Waals surface area contributed by atoms with Crippen molar-refractivity contribution in [2.24, 2.45) is 5.73 Å². The van der Waals surface area contributed by atoms with Crippen molar-refractivity contribution in [3.8, 4) is 0 Å². The molecule has 0 spiro atoms. The summed E-state index contributed by atoms with van der Waals surface area (Å²) >= 11 is 0. The van der Waals surface area contributed by atoms with Crippen molar-refractivity contribution in [3.05, 3.63) is 29.6 Å².